The number of epoxide rings is 1. The van der Waals surface area contributed by atoms with Gasteiger partial charge in [-0.15, -0.1) is 0 Å². The van der Waals surface area contributed by atoms with Crippen molar-refractivity contribution in [2.75, 3.05) is 13.2 Å². The van der Waals surface area contributed by atoms with E-state index in [-0.39, 0.29) is 34.5 Å². The van der Waals surface area contributed by atoms with Crippen molar-refractivity contribution in [1.29, 1.82) is 0 Å². The molecule has 1 fully saturated rings. The largest absolute Gasteiger partial charge is 0.378 e. The fraction of sp³-hybridized carbons (Fsp3) is 0.333. The van der Waals surface area contributed by atoms with Gasteiger partial charge >= 0.3 is 0 Å². The van der Waals surface area contributed by atoms with Gasteiger partial charge in [-0.3, -0.25) is 0 Å². The van der Waals surface area contributed by atoms with E-state index in [0.717, 1.165) is 31.4 Å². The maximum Gasteiger partial charge on any atom is 0.167 e. The third-order valence-electron chi connectivity index (χ3n) is 6.94. The van der Waals surface area contributed by atoms with Crippen LogP contribution in [0.2, 0.25) is 0 Å². The lowest BCUT2D eigenvalue weighted by Crippen LogP contribution is -2.16. The normalized spacial score (nSPS) is 19.3. The van der Waals surface area contributed by atoms with Crippen LogP contribution in [0.5, 0.6) is 0 Å². The molecule has 2 aliphatic rings. The minimum atomic E-state index is -0.948. The molecule has 1 saturated heterocycles. The fourth-order valence-electron chi connectivity index (χ4n) is 4.71. The molecule has 1 heterocycles. The van der Waals surface area contributed by atoms with E-state index in [1.54, 1.807) is 36.4 Å². The fourth-order valence-corrected chi connectivity index (χ4v) is 4.71. The molecule has 6 heteroatoms. The molecule has 1 aliphatic heterocycles. The Kier molecular flexibility index (Phi) is 7.26. The third kappa shape index (κ3) is 4.97. The lowest BCUT2D eigenvalue weighted by molar-refractivity contribution is 0.0466. The Morgan fingerprint density at radius 3 is 1.97 bits per heavy atom. The van der Waals surface area contributed by atoms with Gasteiger partial charge in [0.05, 0.1) is 12.7 Å². The molecule has 1 aliphatic carbocycles. The standard InChI is InChI=1S/C30H28F4O2/c1-2-3-16-35-21-10-8-20(9-11-21)23-13-12-22(27(31)28(23)32)18-4-6-19(7-5-18)24-14-15-25(26-17-36-26)30(34)29(24)33/h4-8,12-15,21,26H,2-3,9-11,16-17H2,1H3. The van der Waals surface area contributed by atoms with Gasteiger partial charge in [0.15, 0.2) is 23.3 Å². The van der Waals surface area contributed by atoms with Crippen LogP contribution in [0, 0.1) is 23.3 Å². The summed E-state index contributed by atoms with van der Waals surface area (Å²) in [5.41, 5.74) is 2.39. The van der Waals surface area contributed by atoms with Gasteiger partial charge in [0.2, 0.25) is 0 Å². The van der Waals surface area contributed by atoms with Crippen molar-refractivity contribution < 1.29 is 27.0 Å². The highest BCUT2D eigenvalue weighted by Gasteiger charge is 2.30. The zero-order valence-electron chi connectivity index (χ0n) is 20.1. The van der Waals surface area contributed by atoms with Crippen LogP contribution in [0.4, 0.5) is 17.6 Å². The lowest BCUT2D eigenvalue weighted by atomic mass is 9.90. The maximum absolute atomic E-state index is 15.1. The van der Waals surface area contributed by atoms with Gasteiger partial charge in [0, 0.05) is 28.9 Å². The average Bonchev–Trinajstić information content (AvgIpc) is 3.74. The molecular formula is C30H28F4O2. The summed E-state index contributed by atoms with van der Waals surface area (Å²) in [6.45, 7) is 3.22. The highest BCUT2D eigenvalue weighted by Crippen LogP contribution is 2.37. The summed E-state index contributed by atoms with van der Waals surface area (Å²) < 4.78 is 70.1. The topological polar surface area (TPSA) is 21.8 Å². The van der Waals surface area contributed by atoms with Crippen LogP contribution in [0.3, 0.4) is 0 Å². The quantitative estimate of drug-likeness (QED) is 0.177. The van der Waals surface area contributed by atoms with E-state index in [1.165, 1.54) is 12.1 Å². The minimum absolute atomic E-state index is 0.103. The molecule has 0 spiro atoms. The molecule has 2 unspecified atom stereocenters. The summed E-state index contributed by atoms with van der Waals surface area (Å²) in [5.74, 6) is -3.66. The van der Waals surface area contributed by atoms with Crippen molar-refractivity contribution >= 4 is 5.57 Å². The highest BCUT2D eigenvalue weighted by molar-refractivity contribution is 5.74. The second-order valence-corrected chi connectivity index (χ2v) is 9.37. The summed E-state index contributed by atoms with van der Waals surface area (Å²) in [5, 5.41) is 0. The highest BCUT2D eigenvalue weighted by atomic mass is 19.2. The molecule has 3 aromatic carbocycles. The van der Waals surface area contributed by atoms with Gasteiger partial charge in [-0.25, -0.2) is 17.6 Å². The number of hydrogen-bond donors (Lipinski definition) is 0. The number of ether oxygens (including phenoxy) is 2. The van der Waals surface area contributed by atoms with Crippen LogP contribution in [-0.2, 0) is 9.47 Å². The summed E-state index contributed by atoms with van der Waals surface area (Å²) in [7, 11) is 0. The summed E-state index contributed by atoms with van der Waals surface area (Å²) in [6, 6.07) is 12.5. The molecule has 188 valence electrons. The first-order valence-corrected chi connectivity index (χ1v) is 12.5. The Bertz CT molecular complexity index is 1280. The number of benzene rings is 3. The first-order chi connectivity index (χ1) is 17.5. The van der Waals surface area contributed by atoms with E-state index >= 15 is 8.78 Å². The van der Waals surface area contributed by atoms with E-state index in [1.807, 2.05) is 6.08 Å². The van der Waals surface area contributed by atoms with E-state index in [4.69, 9.17) is 9.47 Å². The smallest absolute Gasteiger partial charge is 0.167 e. The van der Waals surface area contributed by atoms with Gasteiger partial charge in [-0.2, -0.15) is 0 Å². The van der Waals surface area contributed by atoms with Crippen molar-refractivity contribution in [3.05, 3.63) is 89.0 Å². The molecule has 0 bridgehead atoms. The van der Waals surface area contributed by atoms with Crippen molar-refractivity contribution in [2.45, 2.75) is 51.2 Å². The Morgan fingerprint density at radius 1 is 0.806 bits per heavy atom. The lowest BCUT2D eigenvalue weighted by Gasteiger charge is -2.23. The average molecular weight is 497 g/mol. The number of halogens is 4. The summed E-state index contributed by atoms with van der Waals surface area (Å²) in [6.07, 6.45) is 5.88. The Morgan fingerprint density at radius 2 is 1.39 bits per heavy atom. The van der Waals surface area contributed by atoms with Crippen LogP contribution in [-0.4, -0.2) is 19.3 Å². The van der Waals surface area contributed by atoms with Crippen LogP contribution < -0.4 is 0 Å². The zero-order valence-corrected chi connectivity index (χ0v) is 20.1. The summed E-state index contributed by atoms with van der Waals surface area (Å²) in [4.78, 5) is 0. The predicted octanol–water partition coefficient (Wildman–Crippen LogP) is 8.40. The van der Waals surface area contributed by atoms with E-state index < -0.39 is 23.3 Å². The SMILES string of the molecule is CCCCOC1CC=C(c2ccc(-c3ccc(-c4ccc(C5CO5)c(F)c4F)cc3)c(F)c2F)CC1. The van der Waals surface area contributed by atoms with Gasteiger partial charge in [0.1, 0.15) is 6.10 Å². The van der Waals surface area contributed by atoms with Gasteiger partial charge in [-0.1, -0.05) is 68.0 Å². The molecule has 0 saturated carbocycles. The second kappa shape index (κ2) is 10.6. The van der Waals surface area contributed by atoms with Gasteiger partial charge in [0.25, 0.3) is 0 Å². The molecule has 0 aromatic heterocycles. The molecule has 2 nitrogen and oxygen atoms in total. The molecule has 5 rings (SSSR count). The Balaban J connectivity index is 1.34. The van der Waals surface area contributed by atoms with E-state index in [9.17, 15) is 8.78 Å². The number of hydrogen-bond acceptors (Lipinski definition) is 2. The van der Waals surface area contributed by atoms with E-state index in [2.05, 4.69) is 6.92 Å². The molecule has 0 radical (unpaired) electrons. The van der Waals surface area contributed by atoms with Crippen molar-refractivity contribution in [3.63, 3.8) is 0 Å². The molecule has 3 aromatic rings. The summed E-state index contributed by atoms with van der Waals surface area (Å²) >= 11 is 0. The number of rotatable bonds is 8. The molecule has 0 amide bonds. The van der Waals surface area contributed by atoms with Crippen molar-refractivity contribution in [3.8, 4) is 22.3 Å². The molecular weight excluding hydrogens is 468 g/mol. The zero-order chi connectivity index (χ0) is 25.2. The van der Waals surface area contributed by atoms with Crippen LogP contribution in [0.15, 0.2) is 54.6 Å². The van der Waals surface area contributed by atoms with Crippen LogP contribution >= 0.6 is 0 Å². The molecule has 36 heavy (non-hydrogen) atoms. The maximum atomic E-state index is 15.1. The van der Waals surface area contributed by atoms with Gasteiger partial charge in [-0.05, 0) is 42.4 Å². The minimum Gasteiger partial charge on any atom is -0.378 e. The predicted molar refractivity (Wildman–Crippen MR) is 132 cm³/mol. The first-order valence-electron chi connectivity index (χ1n) is 12.5. The molecule has 0 N–H and O–H groups in total. The number of unbranched alkanes of at least 4 members (excludes halogenated alkanes) is 1. The molecule has 2 atom stereocenters. The van der Waals surface area contributed by atoms with Gasteiger partial charge < -0.3 is 9.47 Å². The monoisotopic (exact) mass is 496 g/mol. The van der Waals surface area contributed by atoms with Crippen LogP contribution in [0.25, 0.3) is 27.8 Å². The Labute approximate surface area is 208 Å². The number of allylic oxidation sites excluding steroid dienone is 1. The second-order valence-electron chi connectivity index (χ2n) is 9.37. The third-order valence-corrected chi connectivity index (χ3v) is 6.94. The van der Waals surface area contributed by atoms with Crippen molar-refractivity contribution in [1.82, 2.24) is 0 Å². The Hall–Kier alpha value is -2.96. The van der Waals surface area contributed by atoms with E-state index in [0.29, 0.717) is 30.6 Å². The van der Waals surface area contributed by atoms with Crippen LogP contribution in [0.1, 0.15) is 56.3 Å². The van der Waals surface area contributed by atoms with Crippen molar-refractivity contribution in [2.24, 2.45) is 0 Å². The first kappa shape index (κ1) is 24.7.